The monoisotopic (exact) mass is 508 g/mol. The lowest BCUT2D eigenvalue weighted by Gasteiger charge is -2.47. The summed E-state index contributed by atoms with van der Waals surface area (Å²) in [6.07, 6.45) is -0.821. The second-order valence-corrected chi connectivity index (χ2v) is 9.11. The molecule has 2 saturated heterocycles. The highest BCUT2D eigenvalue weighted by atomic mass is 16.7. The maximum Gasteiger partial charge on any atom is 0.261 e. The molecule has 0 N–H and O–H groups in total. The van der Waals surface area contributed by atoms with Crippen molar-refractivity contribution in [2.45, 2.75) is 63.1 Å². The quantitative estimate of drug-likeness (QED) is 0.238. The zero-order chi connectivity index (χ0) is 25.9. The van der Waals surface area contributed by atoms with Crippen molar-refractivity contribution in [2.24, 2.45) is 5.11 Å². The molecule has 2 fully saturated rings. The van der Waals surface area contributed by atoms with Crippen LogP contribution < -0.4 is 9.47 Å². The number of nitrogens with zero attached hydrogens (tertiary/aromatic N) is 4. The average molecular weight is 509 g/mol. The molecule has 11 nitrogen and oxygen atoms in total. The van der Waals surface area contributed by atoms with Gasteiger partial charge in [0.25, 0.3) is 11.8 Å². The number of methoxy groups -OCH3 is 1. The van der Waals surface area contributed by atoms with E-state index in [1.165, 1.54) is 0 Å². The molecule has 3 aliphatic rings. The van der Waals surface area contributed by atoms with Crippen LogP contribution in [0.5, 0.6) is 11.5 Å². The van der Waals surface area contributed by atoms with Crippen molar-refractivity contribution in [3.8, 4) is 11.5 Å². The summed E-state index contributed by atoms with van der Waals surface area (Å²) in [4.78, 5) is 31.0. The first-order chi connectivity index (χ1) is 18.0. The van der Waals surface area contributed by atoms with Crippen molar-refractivity contribution >= 4 is 11.8 Å². The van der Waals surface area contributed by atoms with Crippen LogP contribution in [0.2, 0.25) is 0 Å². The van der Waals surface area contributed by atoms with Crippen LogP contribution >= 0.6 is 0 Å². The first-order valence-electron chi connectivity index (χ1n) is 12.3. The second kappa shape index (κ2) is 10.8. The SMILES string of the molecule is COc1ccc(OC2O[C@H](C)[C@H](N3C(=O)c4ccccc4C3=O)[C@H](OC3CCCCO3)[C@H]2N=[N+]=[N-])cc1. The summed E-state index contributed by atoms with van der Waals surface area (Å²) in [5, 5.41) is 3.97. The molecule has 2 aromatic carbocycles. The molecule has 5 rings (SSSR count). The number of fused-ring (bicyclic) bond motifs is 1. The Bertz CT molecular complexity index is 1160. The zero-order valence-electron chi connectivity index (χ0n) is 20.6. The standard InChI is InChI=1S/C26H28N4O7/c1-15-22(30-24(31)18-7-3-4-8-19(18)25(30)32)23(37-20-9-5-6-14-34-20)21(28-29-27)26(35-15)36-17-12-10-16(33-2)11-13-17/h3-4,7-8,10-13,15,20-23,26H,5-6,9,14H2,1-2H3/t15-,20?,21-,22+,23-,26?/m1/s1. The van der Waals surface area contributed by atoms with Crippen LogP contribution in [-0.4, -0.2) is 67.3 Å². The molecule has 0 bridgehead atoms. The van der Waals surface area contributed by atoms with E-state index in [0.717, 1.165) is 17.7 Å². The number of hydrogen-bond acceptors (Lipinski definition) is 8. The van der Waals surface area contributed by atoms with Gasteiger partial charge in [0.1, 0.15) is 17.5 Å². The molecule has 194 valence electrons. The van der Waals surface area contributed by atoms with Crippen LogP contribution in [0.1, 0.15) is 46.9 Å². The summed E-state index contributed by atoms with van der Waals surface area (Å²) in [5.41, 5.74) is 10.1. The highest BCUT2D eigenvalue weighted by Gasteiger charge is 2.54. The maximum atomic E-state index is 13.4. The largest absolute Gasteiger partial charge is 0.497 e. The fourth-order valence-corrected chi connectivity index (χ4v) is 5.05. The number of hydrogen-bond donors (Lipinski definition) is 0. The van der Waals surface area contributed by atoms with Gasteiger partial charge in [-0.05, 0) is 68.1 Å². The molecule has 2 amide bonds. The third-order valence-electron chi connectivity index (χ3n) is 6.85. The molecule has 37 heavy (non-hydrogen) atoms. The van der Waals surface area contributed by atoms with Gasteiger partial charge in [0.05, 0.1) is 36.5 Å². The average Bonchev–Trinajstić information content (AvgIpc) is 3.17. The van der Waals surface area contributed by atoms with Crippen molar-refractivity contribution in [2.75, 3.05) is 13.7 Å². The normalized spacial score (nSPS) is 29.4. The summed E-state index contributed by atoms with van der Waals surface area (Å²) in [6.45, 7) is 2.27. The number of rotatable bonds is 7. The smallest absolute Gasteiger partial charge is 0.261 e. The summed E-state index contributed by atoms with van der Waals surface area (Å²) < 4.78 is 29.6. The molecule has 0 aliphatic carbocycles. The van der Waals surface area contributed by atoms with E-state index >= 15 is 0 Å². The maximum absolute atomic E-state index is 13.4. The van der Waals surface area contributed by atoms with E-state index in [4.69, 9.17) is 23.7 Å². The van der Waals surface area contributed by atoms with E-state index in [0.29, 0.717) is 35.7 Å². The number of benzene rings is 2. The lowest BCUT2D eigenvalue weighted by Crippen LogP contribution is -2.65. The van der Waals surface area contributed by atoms with Gasteiger partial charge in [0.2, 0.25) is 6.29 Å². The molecule has 3 aliphatic heterocycles. The number of carbonyl (C=O) groups is 2. The molecule has 11 heteroatoms. The highest BCUT2D eigenvalue weighted by Crippen LogP contribution is 2.36. The minimum atomic E-state index is -1.04. The zero-order valence-corrected chi connectivity index (χ0v) is 20.6. The van der Waals surface area contributed by atoms with Crippen LogP contribution in [0.15, 0.2) is 53.6 Å². The van der Waals surface area contributed by atoms with E-state index in [1.54, 1.807) is 62.6 Å². The molecule has 2 unspecified atom stereocenters. The predicted molar refractivity (Wildman–Crippen MR) is 130 cm³/mol. The minimum Gasteiger partial charge on any atom is -0.497 e. The third kappa shape index (κ3) is 4.86. The Balaban J connectivity index is 1.50. The van der Waals surface area contributed by atoms with Gasteiger partial charge in [-0.15, -0.1) is 0 Å². The molecule has 0 saturated carbocycles. The van der Waals surface area contributed by atoms with Crippen LogP contribution in [0.3, 0.4) is 0 Å². The minimum absolute atomic E-state index is 0.310. The van der Waals surface area contributed by atoms with Crippen molar-refractivity contribution in [1.29, 1.82) is 0 Å². The third-order valence-corrected chi connectivity index (χ3v) is 6.85. The Labute approximate surface area is 213 Å². The van der Waals surface area contributed by atoms with E-state index in [2.05, 4.69) is 10.0 Å². The van der Waals surface area contributed by atoms with Gasteiger partial charge >= 0.3 is 0 Å². The number of carbonyl (C=O) groups excluding carboxylic acids is 2. The Morgan fingerprint density at radius 3 is 2.30 bits per heavy atom. The molecule has 0 radical (unpaired) electrons. The van der Waals surface area contributed by atoms with Gasteiger partial charge in [0.15, 0.2) is 6.29 Å². The highest BCUT2D eigenvalue weighted by molar-refractivity contribution is 6.21. The van der Waals surface area contributed by atoms with Crippen molar-refractivity contribution in [3.63, 3.8) is 0 Å². The fourth-order valence-electron chi connectivity index (χ4n) is 5.05. The van der Waals surface area contributed by atoms with Crippen molar-refractivity contribution in [3.05, 3.63) is 70.1 Å². The molecule has 6 atom stereocenters. The Morgan fingerprint density at radius 1 is 1.03 bits per heavy atom. The van der Waals surface area contributed by atoms with Crippen LogP contribution in [-0.2, 0) is 14.2 Å². The number of imide groups is 1. The van der Waals surface area contributed by atoms with Crippen LogP contribution in [0.4, 0.5) is 0 Å². The van der Waals surface area contributed by atoms with Crippen LogP contribution in [0.25, 0.3) is 10.4 Å². The first-order valence-corrected chi connectivity index (χ1v) is 12.3. The van der Waals surface area contributed by atoms with E-state index in [-0.39, 0.29) is 0 Å². The molecule has 2 aromatic rings. The number of ether oxygens (including phenoxy) is 5. The Hall–Kier alpha value is -3.63. The number of amides is 2. The Kier molecular flexibility index (Phi) is 7.29. The number of azide groups is 1. The molecule has 0 aromatic heterocycles. The van der Waals surface area contributed by atoms with E-state index in [9.17, 15) is 15.1 Å². The molecule has 0 spiro atoms. The summed E-state index contributed by atoms with van der Waals surface area (Å²) in [6, 6.07) is 11.6. The van der Waals surface area contributed by atoms with Gasteiger partial charge in [-0.1, -0.05) is 17.2 Å². The van der Waals surface area contributed by atoms with E-state index in [1.807, 2.05) is 0 Å². The summed E-state index contributed by atoms with van der Waals surface area (Å²) in [7, 11) is 1.56. The lowest BCUT2D eigenvalue weighted by atomic mass is 9.93. The predicted octanol–water partition coefficient (Wildman–Crippen LogP) is 4.07. The molecule has 3 heterocycles. The van der Waals surface area contributed by atoms with Gasteiger partial charge in [-0.2, -0.15) is 0 Å². The topological polar surface area (TPSA) is 132 Å². The van der Waals surface area contributed by atoms with Gasteiger partial charge in [0, 0.05) is 11.5 Å². The van der Waals surface area contributed by atoms with Crippen molar-refractivity contribution < 1.29 is 33.3 Å². The lowest BCUT2D eigenvalue weighted by molar-refractivity contribution is -0.260. The van der Waals surface area contributed by atoms with Gasteiger partial charge in [-0.3, -0.25) is 14.5 Å². The van der Waals surface area contributed by atoms with E-state index < -0.39 is 48.7 Å². The fraction of sp³-hybridized carbons (Fsp3) is 0.462. The molecular weight excluding hydrogens is 480 g/mol. The van der Waals surface area contributed by atoms with Gasteiger partial charge < -0.3 is 23.7 Å². The van der Waals surface area contributed by atoms with Gasteiger partial charge in [-0.25, -0.2) is 0 Å². The molecular formula is C26H28N4O7. The van der Waals surface area contributed by atoms with Crippen molar-refractivity contribution in [1.82, 2.24) is 4.90 Å². The summed E-state index contributed by atoms with van der Waals surface area (Å²) >= 11 is 0. The Morgan fingerprint density at radius 2 is 1.70 bits per heavy atom. The summed E-state index contributed by atoms with van der Waals surface area (Å²) in [5.74, 6) is 0.211. The van der Waals surface area contributed by atoms with Crippen LogP contribution in [0, 0.1) is 0 Å². The second-order valence-electron chi connectivity index (χ2n) is 9.11. The first kappa shape index (κ1) is 25.0.